The van der Waals surface area contributed by atoms with Gasteiger partial charge in [-0.3, -0.25) is 9.59 Å². The number of nitrogens with one attached hydrogen (secondary N) is 1. The van der Waals surface area contributed by atoms with Crippen molar-refractivity contribution in [2.24, 2.45) is 0 Å². The summed E-state index contributed by atoms with van der Waals surface area (Å²) in [4.78, 5) is 27.6. The molecule has 0 saturated carbocycles. The highest BCUT2D eigenvalue weighted by Crippen LogP contribution is 2.21. The van der Waals surface area contributed by atoms with E-state index in [9.17, 15) is 9.59 Å². The molecule has 6 nitrogen and oxygen atoms in total. The van der Waals surface area contributed by atoms with E-state index in [0.717, 1.165) is 17.8 Å². The second-order valence-corrected chi connectivity index (χ2v) is 7.25. The molecule has 0 aliphatic carbocycles. The van der Waals surface area contributed by atoms with Gasteiger partial charge >= 0.3 is 5.97 Å². The number of rotatable bonds is 10. The van der Waals surface area contributed by atoms with Crippen LogP contribution in [-0.2, 0) is 11.4 Å². The number of aliphatic carboxylic acids is 1. The maximum Gasteiger partial charge on any atom is 0.303 e. The lowest BCUT2D eigenvalue weighted by Crippen LogP contribution is -2.24. The van der Waals surface area contributed by atoms with Crippen LogP contribution in [0.2, 0.25) is 5.02 Å². The molecule has 0 spiro atoms. The molecular weight excluding hydrogens is 376 g/mol. The molecule has 1 aromatic carbocycles. The summed E-state index contributed by atoms with van der Waals surface area (Å²) in [7, 11) is 0. The van der Waals surface area contributed by atoms with E-state index in [0.29, 0.717) is 34.3 Å². The van der Waals surface area contributed by atoms with Gasteiger partial charge in [-0.25, -0.2) is 4.98 Å². The number of aryl methyl sites for hydroxylation is 1. The summed E-state index contributed by atoms with van der Waals surface area (Å²) < 4.78 is 5.65. The Balaban J connectivity index is 1.78. The minimum atomic E-state index is -0.789. The molecule has 140 valence electrons. The number of carboxylic acid groups (broad SMARTS) is 1. The van der Waals surface area contributed by atoms with Crippen molar-refractivity contribution in [1.82, 2.24) is 10.3 Å². The van der Waals surface area contributed by atoms with Gasteiger partial charge in [0.05, 0.1) is 5.69 Å². The zero-order valence-electron chi connectivity index (χ0n) is 14.5. The number of thiazole rings is 1. The molecule has 1 aromatic heterocycles. The van der Waals surface area contributed by atoms with Crippen molar-refractivity contribution in [1.29, 1.82) is 0 Å². The number of carbonyl (C=O) groups is 2. The third kappa shape index (κ3) is 6.65. The maximum absolute atomic E-state index is 12.2. The van der Waals surface area contributed by atoms with Gasteiger partial charge in [0.1, 0.15) is 22.2 Å². The van der Waals surface area contributed by atoms with Crippen molar-refractivity contribution in [2.45, 2.75) is 39.2 Å². The van der Waals surface area contributed by atoms with Crippen molar-refractivity contribution in [3.63, 3.8) is 0 Å². The third-order valence-electron chi connectivity index (χ3n) is 3.58. The van der Waals surface area contributed by atoms with Crippen molar-refractivity contribution < 1.29 is 19.4 Å². The monoisotopic (exact) mass is 396 g/mol. The number of amides is 1. The Bertz CT molecular complexity index is 746. The standard InChI is InChI=1S/C18H21ClN2O4S/c1-12-17(18(24)20-10-4-2-3-5-16(22)23)26-15(21-12)11-25-14-8-6-13(19)7-9-14/h6-9H,2-5,10-11H2,1H3,(H,20,24)(H,22,23). The number of benzene rings is 1. The topological polar surface area (TPSA) is 88.5 Å². The smallest absolute Gasteiger partial charge is 0.303 e. The average Bonchev–Trinajstić information content (AvgIpc) is 2.98. The van der Waals surface area contributed by atoms with Crippen LogP contribution in [-0.4, -0.2) is 28.5 Å². The first-order valence-corrected chi connectivity index (χ1v) is 9.50. The normalized spacial score (nSPS) is 10.5. The van der Waals surface area contributed by atoms with Crippen LogP contribution < -0.4 is 10.1 Å². The first kappa shape index (κ1) is 20.2. The molecule has 0 unspecified atom stereocenters. The van der Waals surface area contributed by atoms with E-state index in [-0.39, 0.29) is 18.9 Å². The van der Waals surface area contributed by atoms with Crippen LogP contribution in [0, 0.1) is 6.92 Å². The average molecular weight is 397 g/mol. The van der Waals surface area contributed by atoms with Crippen molar-refractivity contribution >= 4 is 34.8 Å². The number of unbranched alkanes of at least 4 members (excludes halogenated alkanes) is 2. The van der Waals surface area contributed by atoms with Crippen molar-refractivity contribution in [2.75, 3.05) is 6.54 Å². The molecule has 2 rings (SSSR count). The number of ether oxygens (including phenoxy) is 1. The number of hydrogen-bond donors (Lipinski definition) is 2. The Labute approximate surface area is 161 Å². The summed E-state index contributed by atoms with van der Waals surface area (Å²) in [5.74, 6) is -0.256. The molecule has 0 radical (unpaired) electrons. The molecule has 0 aliphatic heterocycles. The lowest BCUT2D eigenvalue weighted by atomic mass is 10.2. The molecule has 1 amide bonds. The molecule has 26 heavy (non-hydrogen) atoms. The third-order valence-corrected chi connectivity index (χ3v) is 4.96. The Kier molecular flexibility index (Phi) is 7.87. The van der Waals surface area contributed by atoms with E-state index in [4.69, 9.17) is 21.4 Å². The van der Waals surface area contributed by atoms with Crippen LogP contribution in [0.5, 0.6) is 5.75 Å². The van der Waals surface area contributed by atoms with Crippen molar-refractivity contribution in [3.8, 4) is 5.75 Å². The van der Waals surface area contributed by atoms with E-state index in [1.807, 2.05) is 0 Å². The number of aromatic nitrogens is 1. The van der Waals surface area contributed by atoms with E-state index in [2.05, 4.69) is 10.3 Å². The van der Waals surface area contributed by atoms with Crippen LogP contribution in [0.15, 0.2) is 24.3 Å². The summed E-state index contributed by atoms with van der Waals surface area (Å²) in [6, 6.07) is 7.06. The van der Waals surface area contributed by atoms with Gasteiger partial charge in [0.25, 0.3) is 5.91 Å². The first-order chi connectivity index (χ1) is 12.5. The minimum absolute atomic E-state index is 0.157. The van der Waals surface area contributed by atoms with Crippen LogP contribution in [0.4, 0.5) is 0 Å². The predicted molar refractivity (Wildman–Crippen MR) is 101 cm³/mol. The molecular formula is C18H21ClN2O4S. The quantitative estimate of drug-likeness (QED) is 0.591. The molecule has 2 aromatic rings. The van der Waals surface area contributed by atoms with E-state index in [1.54, 1.807) is 31.2 Å². The molecule has 8 heteroatoms. The Morgan fingerprint density at radius 1 is 1.23 bits per heavy atom. The summed E-state index contributed by atoms with van der Waals surface area (Å²) in [5, 5.41) is 12.8. The highest BCUT2D eigenvalue weighted by atomic mass is 35.5. The highest BCUT2D eigenvalue weighted by molar-refractivity contribution is 7.13. The molecule has 2 N–H and O–H groups in total. The maximum atomic E-state index is 12.2. The predicted octanol–water partition coefficient (Wildman–Crippen LogP) is 4.06. The number of carbonyl (C=O) groups excluding carboxylic acids is 1. The summed E-state index contributed by atoms with van der Waals surface area (Å²) in [6.07, 6.45) is 2.31. The number of halogens is 1. The molecule has 1 heterocycles. The second kappa shape index (κ2) is 10.1. The highest BCUT2D eigenvalue weighted by Gasteiger charge is 2.15. The van der Waals surface area contributed by atoms with Gasteiger partial charge in [0.2, 0.25) is 0 Å². The van der Waals surface area contributed by atoms with Gasteiger partial charge in [-0.1, -0.05) is 18.0 Å². The molecule has 0 bridgehead atoms. The second-order valence-electron chi connectivity index (χ2n) is 5.73. The van der Waals surface area contributed by atoms with Gasteiger partial charge in [0, 0.05) is 18.0 Å². The van der Waals surface area contributed by atoms with E-state index in [1.165, 1.54) is 11.3 Å². The fourth-order valence-corrected chi connectivity index (χ4v) is 3.28. The van der Waals surface area contributed by atoms with Crippen LogP contribution in [0.25, 0.3) is 0 Å². The van der Waals surface area contributed by atoms with Crippen LogP contribution >= 0.6 is 22.9 Å². The zero-order valence-corrected chi connectivity index (χ0v) is 16.0. The van der Waals surface area contributed by atoms with Gasteiger partial charge in [-0.2, -0.15) is 0 Å². The van der Waals surface area contributed by atoms with Gasteiger partial charge in [-0.05, 0) is 44.0 Å². The Morgan fingerprint density at radius 3 is 2.65 bits per heavy atom. The molecule has 0 atom stereocenters. The minimum Gasteiger partial charge on any atom is -0.486 e. The van der Waals surface area contributed by atoms with Gasteiger partial charge in [0.15, 0.2) is 0 Å². The fraction of sp³-hybridized carbons (Fsp3) is 0.389. The van der Waals surface area contributed by atoms with Gasteiger partial charge < -0.3 is 15.2 Å². The molecule has 0 aliphatic rings. The summed E-state index contributed by atoms with van der Waals surface area (Å²) >= 11 is 7.15. The fourth-order valence-electron chi connectivity index (χ4n) is 2.26. The summed E-state index contributed by atoms with van der Waals surface area (Å²) in [6.45, 7) is 2.60. The number of carboxylic acids is 1. The number of hydrogen-bond acceptors (Lipinski definition) is 5. The van der Waals surface area contributed by atoms with Crippen LogP contribution in [0.3, 0.4) is 0 Å². The molecule has 0 saturated heterocycles. The first-order valence-electron chi connectivity index (χ1n) is 8.30. The number of nitrogens with zero attached hydrogens (tertiary/aromatic N) is 1. The van der Waals surface area contributed by atoms with Crippen molar-refractivity contribution in [3.05, 3.63) is 44.9 Å². The van der Waals surface area contributed by atoms with E-state index >= 15 is 0 Å². The Morgan fingerprint density at radius 2 is 1.96 bits per heavy atom. The largest absolute Gasteiger partial charge is 0.486 e. The summed E-state index contributed by atoms with van der Waals surface area (Å²) in [5.41, 5.74) is 0.674. The zero-order chi connectivity index (χ0) is 18.9. The SMILES string of the molecule is Cc1nc(COc2ccc(Cl)cc2)sc1C(=O)NCCCCCC(=O)O. The Hall–Kier alpha value is -2.12. The van der Waals surface area contributed by atoms with Crippen LogP contribution in [0.1, 0.15) is 46.1 Å². The van der Waals surface area contributed by atoms with Gasteiger partial charge in [-0.15, -0.1) is 11.3 Å². The van der Waals surface area contributed by atoms with E-state index < -0.39 is 5.97 Å². The molecule has 0 fully saturated rings. The lowest BCUT2D eigenvalue weighted by molar-refractivity contribution is -0.137. The lowest BCUT2D eigenvalue weighted by Gasteiger charge is -2.04.